The fourth-order valence-electron chi connectivity index (χ4n) is 5.54. The Morgan fingerprint density at radius 1 is 1.07 bits per heavy atom. The Balaban J connectivity index is 1.74. The average molecular weight is 664 g/mol. The van der Waals surface area contributed by atoms with Crippen LogP contribution in [0.4, 0.5) is 28.0 Å². The number of amides is 2. The first-order valence-electron chi connectivity index (χ1n) is 14.1. The third-order valence-electron chi connectivity index (χ3n) is 7.62. The van der Waals surface area contributed by atoms with E-state index in [0.29, 0.717) is 19.2 Å². The quantitative estimate of drug-likeness (QED) is 0.264. The number of hydrogen-bond donors (Lipinski definition) is 3. The molecule has 10 nitrogen and oxygen atoms in total. The predicted octanol–water partition coefficient (Wildman–Crippen LogP) is 4.06. The number of piperazine rings is 1. The number of pyridine rings is 1. The molecule has 1 aliphatic rings. The van der Waals surface area contributed by atoms with Gasteiger partial charge in [0.2, 0.25) is 15.9 Å². The van der Waals surface area contributed by atoms with Gasteiger partial charge in [0.25, 0.3) is 0 Å². The number of methoxy groups -OCH3 is 1. The Morgan fingerprint density at radius 3 is 2.37 bits per heavy atom. The second kappa shape index (κ2) is 14.8. The van der Waals surface area contributed by atoms with Gasteiger partial charge in [-0.05, 0) is 48.2 Å². The van der Waals surface area contributed by atoms with Gasteiger partial charge >= 0.3 is 6.09 Å². The average Bonchev–Trinajstić information content (AvgIpc) is 2.99. The molecular weight excluding hydrogens is 630 g/mol. The minimum absolute atomic E-state index is 0.00482. The molecule has 0 saturated carbocycles. The molecule has 2 aromatic carbocycles. The summed E-state index contributed by atoms with van der Waals surface area (Å²) in [4.78, 5) is 30.2. The van der Waals surface area contributed by atoms with Crippen molar-refractivity contribution in [3.63, 3.8) is 0 Å². The van der Waals surface area contributed by atoms with Gasteiger partial charge in [-0.15, -0.1) is 0 Å². The summed E-state index contributed by atoms with van der Waals surface area (Å²) < 4.78 is 88.7. The number of ether oxygens (including phenoxy) is 1. The lowest BCUT2D eigenvalue weighted by atomic mass is 9.78. The van der Waals surface area contributed by atoms with Crippen LogP contribution in [0.15, 0.2) is 67.1 Å². The maximum Gasteiger partial charge on any atom is 0.411 e. The highest BCUT2D eigenvalue weighted by atomic mass is 32.2. The zero-order valence-corrected chi connectivity index (χ0v) is 25.8. The van der Waals surface area contributed by atoms with Crippen molar-refractivity contribution in [2.24, 2.45) is 5.92 Å². The molecule has 3 N–H and O–H groups in total. The van der Waals surface area contributed by atoms with Crippen molar-refractivity contribution in [1.29, 1.82) is 0 Å². The van der Waals surface area contributed by atoms with Gasteiger partial charge in [0, 0.05) is 48.9 Å². The van der Waals surface area contributed by atoms with E-state index in [9.17, 15) is 31.2 Å². The fourth-order valence-corrected chi connectivity index (χ4v) is 6.69. The summed E-state index contributed by atoms with van der Waals surface area (Å²) in [6, 6.07) is 6.95. The van der Waals surface area contributed by atoms with Gasteiger partial charge < -0.3 is 15.4 Å². The molecule has 1 aliphatic heterocycles. The van der Waals surface area contributed by atoms with E-state index in [1.807, 2.05) is 0 Å². The number of nitrogens with one attached hydrogen (secondary N) is 3. The Kier molecular flexibility index (Phi) is 11.1. The molecule has 4 rings (SSSR count). The zero-order chi connectivity index (χ0) is 33.6. The Hall–Kier alpha value is -4.34. The van der Waals surface area contributed by atoms with Crippen molar-refractivity contribution in [3.8, 4) is 0 Å². The summed E-state index contributed by atoms with van der Waals surface area (Å²) in [5, 5.41) is 8.07. The molecule has 2 heterocycles. The van der Waals surface area contributed by atoms with Gasteiger partial charge in [0.1, 0.15) is 23.3 Å². The molecule has 0 bridgehead atoms. The molecule has 0 spiro atoms. The predicted molar refractivity (Wildman–Crippen MR) is 162 cm³/mol. The Morgan fingerprint density at radius 2 is 1.74 bits per heavy atom. The molecule has 46 heavy (non-hydrogen) atoms. The van der Waals surface area contributed by atoms with Crippen molar-refractivity contribution in [3.05, 3.63) is 107 Å². The highest BCUT2D eigenvalue weighted by Gasteiger charge is 2.36. The van der Waals surface area contributed by atoms with E-state index >= 15 is 4.39 Å². The molecule has 3 atom stereocenters. The number of carbonyl (C=O) groups is 2. The monoisotopic (exact) mass is 663 g/mol. The van der Waals surface area contributed by atoms with Crippen molar-refractivity contribution in [2.75, 3.05) is 38.3 Å². The van der Waals surface area contributed by atoms with Gasteiger partial charge in [-0.25, -0.2) is 30.8 Å². The Bertz CT molecular complexity index is 1690. The third-order valence-corrected chi connectivity index (χ3v) is 8.96. The molecule has 1 saturated heterocycles. The first kappa shape index (κ1) is 34.5. The highest BCUT2D eigenvalue weighted by molar-refractivity contribution is 7.88. The van der Waals surface area contributed by atoms with Crippen molar-refractivity contribution in [2.45, 2.75) is 24.8 Å². The summed E-state index contributed by atoms with van der Waals surface area (Å²) in [6.45, 7) is 4.86. The van der Waals surface area contributed by atoms with Crippen LogP contribution in [-0.4, -0.2) is 68.7 Å². The van der Waals surface area contributed by atoms with Gasteiger partial charge in [-0.2, -0.15) is 4.31 Å². The summed E-state index contributed by atoms with van der Waals surface area (Å²) in [5.41, 5.74) is -0.0732. The molecule has 2 amide bonds. The van der Waals surface area contributed by atoms with E-state index < -0.39 is 63.2 Å². The van der Waals surface area contributed by atoms with Gasteiger partial charge in [-0.1, -0.05) is 18.7 Å². The second-order valence-corrected chi connectivity index (χ2v) is 12.7. The lowest BCUT2D eigenvalue weighted by molar-refractivity contribution is -0.119. The largest absolute Gasteiger partial charge is 0.453 e. The SMILES string of the molecule is C=C(NC(=O)OC)[C@H](C(=O)Nc1cncc(F)c1CC[C@H]1CNCCN1S(C)(=O)=O)[C@@H](c1ccc(F)cc1)c1cc(F)cc(F)c1. The maximum atomic E-state index is 15.2. The molecule has 0 radical (unpaired) electrons. The summed E-state index contributed by atoms with van der Waals surface area (Å²) in [6.07, 6.45) is 2.46. The van der Waals surface area contributed by atoms with E-state index in [-0.39, 0.29) is 47.5 Å². The van der Waals surface area contributed by atoms with E-state index in [1.54, 1.807) is 0 Å². The number of halogens is 4. The number of benzene rings is 2. The summed E-state index contributed by atoms with van der Waals surface area (Å²) >= 11 is 0. The maximum absolute atomic E-state index is 15.2. The normalized spacial score (nSPS) is 16.7. The smallest absolute Gasteiger partial charge is 0.411 e. The molecule has 246 valence electrons. The van der Waals surface area contributed by atoms with Crippen LogP contribution in [0.5, 0.6) is 0 Å². The first-order chi connectivity index (χ1) is 21.8. The van der Waals surface area contributed by atoms with Gasteiger partial charge in [0.15, 0.2) is 0 Å². The van der Waals surface area contributed by atoms with Gasteiger partial charge in [-0.3, -0.25) is 15.1 Å². The lowest BCUT2D eigenvalue weighted by Crippen LogP contribution is -2.53. The van der Waals surface area contributed by atoms with Gasteiger partial charge in [0.05, 0.1) is 37.4 Å². The van der Waals surface area contributed by atoms with Crippen LogP contribution < -0.4 is 16.0 Å². The highest BCUT2D eigenvalue weighted by Crippen LogP contribution is 2.37. The molecule has 1 fully saturated rings. The fraction of sp³-hybridized carbons (Fsp3) is 0.323. The van der Waals surface area contributed by atoms with E-state index in [1.165, 1.54) is 22.6 Å². The van der Waals surface area contributed by atoms with Crippen molar-refractivity contribution < 1.29 is 40.3 Å². The lowest BCUT2D eigenvalue weighted by Gasteiger charge is -2.34. The molecule has 0 unspecified atom stereocenters. The minimum Gasteiger partial charge on any atom is -0.453 e. The number of aromatic nitrogens is 1. The van der Waals surface area contributed by atoms with Crippen molar-refractivity contribution >= 4 is 27.7 Å². The van der Waals surface area contributed by atoms with Crippen LogP contribution in [0.1, 0.15) is 29.0 Å². The number of hydrogen-bond acceptors (Lipinski definition) is 7. The standard InChI is InChI=1S/C31H33F4N5O5S/c1-18(38-31(42)45-2)28(29(19-4-6-21(32)7-5-19)20-12-22(33)14-23(34)13-20)30(41)39-27-17-37-16-26(35)25(27)9-8-24-15-36-10-11-40(24)46(3,43)44/h4-7,12-14,16-17,24,28-29,36H,1,8-11,15H2,2-3H3,(H,38,42)(H,39,41)/t24-,28-,29-/m0/s1. The zero-order valence-electron chi connectivity index (χ0n) is 25.0. The molecule has 0 aliphatic carbocycles. The van der Waals surface area contributed by atoms with Crippen LogP contribution in [-0.2, 0) is 26.0 Å². The van der Waals surface area contributed by atoms with Crippen LogP contribution in [0, 0.1) is 29.2 Å². The number of sulfonamides is 1. The number of nitrogens with zero attached hydrogens (tertiary/aromatic N) is 2. The molecule has 15 heteroatoms. The number of rotatable bonds is 11. The van der Waals surface area contributed by atoms with Crippen molar-refractivity contribution in [1.82, 2.24) is 19.9 Å². The number of alkyl carbamates (subject to hydrolysis) is 1. The number of anilines is 1. The molecular formula is C31H33F4N5O5S. The molecule has 3 aromatic rings. The van der Waals surface area contributed by atoms with Crippen LogP contribution in [0.3, 0.4) is 0 Å². The summed E-state index contributed by atoms with van der Waals surface area (Å²) in [7, 11) is -2.46. The van der Waals surface area contributed by atoms with Crippen LogP contribution >= 0.6 is 0 Å². The Labute approximate surface area is 263 Å². The van der Waals surface area contributed by atoms with E-state index in [2.05, 4.69) is 32.3 Å². The van der Waals surface area contributed by atoms with E-state index in [0.717, 1.165) is 43.8 Å². The van der Waals surface area contributed by atoms with Crippen LogP contribution in [0.2, 0.25) is 0 Å². The third kappa shape index (κ3) is 8.47. The number of carbonyl (C=O) groups excluding carboxylic acids is 2. The van der Waals surface area contributed by atoms with Crippen LogP contribution in [0.25, 0.3) is 0 Å². The topological polar surface area (TPSA) is 130 Å². The second-order valence-electron chi connectivity index (χ2n) is 10.8. The van der Waals surface area contributed by atoms with E-state index in [4.69, 9.17) is 0 Å². The summed E-state index contributed by atoms with van der Waals surface area (Å²) in [5.74, 6) is -6.92. The minimum atomic E-state index is -3.54. The first-order valence-corrected chi connectivity index (χ1v) is 16.0. The molecule has 1 aromatic heterocycles.